The van der Waals surface area contributed by atoms with Gasteiger partial charge in [0.2, 0.25) is 0 Å². The molecule has 0 aliphatic rings. The quantitative estimate of drug-likeness (QED) is 0.253. The van der Waals surface area contributed by atoms with Crippen LogP contribution in [0.25, 0.3) is 0 Å². The van der Waals surface area contributed by atoms with Gasteiger partial charge in [-0.25, -0.2) is 4.39 Å². The number of unbranched alkanes of at least 4 members (excludes halogenated alkanes) is 6. The molecule has 0 saturated carbocycles. The number of halogens is 1. The van der Waals surface area contributed by atoms with Crippen LogP contribution in [0.3, 0.4) is 0 Å². The normalized spacial score (nSPS) is 13.1. The third-order valence-electron chi connectivity index (χ3n) is 3.75. The van der Waals surface area contributed by atoms with Crippen molar-refractivity contribution >= 4 is 21.6 Å². The zero-order valence-electron chi connectivity index (χ0n) is 13.1. The van der Waals surface area contributed by atoms with Gasteiger partial charge < -0.3 is 0 Å². The number of hydrogen-bond donors (Lipinski definition) is 0. The molecule has 0 aliphatic carbocycles. The van der Waals surface area contributed by atoms with Crippen molar-refractivity contribution < 1.29 is 4.39 Å². The highest BCUT2D eigenvalue weighted by molar-refractivity contribution is 8.76. The molecule has 19 heavy (non-hydrogen) atoms. The Morgan fingerprint density at radius 3 is 1.74 bits per heavy atom. The summed E-state index contributed by atoms with van der Waals surface area (Å²) in [7, 11) is 3.48. The van der Waals surface area contributed by atoms with Gasteiger partial charge in [-0.3, -0.25) is 0 Å². The smallest absolute Gasteiger partial charge is 0.102 e. The maximum absolute atomic E-state index is 13.2. The third kappa shape index (κ3) is 11.0. The lowest BCUT2D eigenvalue weighted by atomic mass is 9.92. The molecule has 0 N–H and O–H groups in total. The van der Waals surface area contributed by atoms with E-state index in [0.717, 1.165) is 0 Å². The molecule has 0 fully saturated rings. The van der Waals surface area contributed by atoms with Crippen molar-refractivity contribution in [3.05, 3.63) is 0 Å². The van der Waals surface area contributed by atoms with Crippen molar-refractivity contribution in [3.8, 4) is 0 Å². The van der Waals surface area contributed by atoms with Gasteiger partial charge in [-0.15, -0.1) is 0 Å². The molecule has 0 aromatic carbocycles. The fourth-order valence-electron chi connectivity index (χ4n) is 2.54. The van der Waals surface area contributed by atoms with Crippen LogP contribution < -0.4 is 0 Å². The first-order valence-electron chi connectivity index (χ1n) is 8.05. The van der Waals surface area contributed by atoms with Gasteiger partial charge in [0.05, 0.1) is 0 Å². The minimum atomic E-state index is -0.155. The zero-order valence-corrected chi connectivity index (χ0v) is 14.8. The Bertz CT molecular complexity index is 164. The highest BCUT2D eigenvalue weighted by atomic mass is 33.1. The van der Waals surface area contributed by atoms with Crippen molar-refractivity contribution in [2.75, 3.05) is 12.9 Å². The molecule has 0 nitrogen and oxygen atoms in total. The van der Waals surface area contributed by atoms with Crippen molar-refractivity contribution in [3.63, 3.8) is 0 Å². The van der Waals surface area contributed by atoms with Crippen LogP contribution in [0.1, 0.15) is 78.1 Å². The fraction of sp³-hybridized carbons (Fsp3) is 1.00. The van der Waals surface area contributed by atoms with Gasteiger partial charge in [0, 0.05) is 5.25 Å². The van der Waals surface area contributed by atoms with E-state index in [9.17, 15) is 4.39 Å². The molecule has 0 aromatic rings. The van der Waals surface area contributed by atoms with Crippen LogP contribution in [0, 0.1) is 5.92 Å². The van der Waals surface area contributed by atoms with E-state index in [1.165, 1.54) is 64.2 Å². The molecule has 0 amide bonds. The molecule has 0 rings (SSSR count). The van der Waals surface area contributed by atoms with Crippen LogP contribution in [0.4, 0.5) is 4.39 Å². The zero-order chi connectivity index (χ0) is 14.3. The predicted molar refractivity (Wildman–Crippen MR) is 91.9 cm³/mol. The number of alkyl halides is 1. The van der Waals surface area contributed by atoms with Gasteiger partial charge in [-0.2, -0.15) is 0 Å². The second-order valence-electron chi connectivity index (χ2n) is 5.41. The third-order valence-corrected chi connectivity index (χ3v) is 6.02. The average Bonchev–Trinajstić information content (AvgIpc) is 2.43. The minimum Gasteiger partial charge on any atom is -0.250 e. The Labute approximate surface area is 128 Å². The van der Waals surface area contributed by atoms with Gasteiger partial charge in [0.1, 0.15) is 6.67 Å². The molecule has 0 spiro atoms. The van der Waals surface area contributed by atoms with Gasteiger partial charge in [-0.1, -0.05) is 86.8 Å². The van der Waals surface area contributed by atoms with Gasteiger partial charge in [-0.05, 0) is 25.0 Å². The van der Waals surface area contributed by atoms with E-state index in [-0.39, 0.29) is 11.9 Å². The summed E-state index contributed by atoms with van der Waals surface area (Å²) in [5, 5.41) is 0.221. The van der Waals surface area contributed by atoms with Crippen molar-refractivity contribution in [1.82, 2.24) is 0 Å². The molecule has 1 atom stereocenters. The monoisotopic (exact) mass is 308 g/mol. The summed E-state index contributed by atoms with van der Waals surface area (Å²) in [6.45, 7) is 4.34. The van der Waals surface area contributed by atoms with E-state index in [1.54, 1.807) is 21.6 Å². The molecule has 0 aliphatic heterocycles. The standard InChI is InChI=1S/C16H33FS2/c1-4-6-8-10-12-15(13-11-9-7-5-2)16(14-17)19-18-3/h15-16H,4-14H2,1-3H3/t16-/m1/s1. The summed E-state index contributed by atoms with van der Waals surface area (Å²) in [6.07, 6.45) is 15.0. The number of hydrogen-bond acceptors (Lipinski definition) is 2. The Kier molecular flexibility index (Phi) is 15.5. The topological polar surface area (TPSA) is 0 Å². The largest absolute Gasteiger partial charge is 0.250 e. The van der Waals surface area contributed by atoms with E-state index < -0.39 is 0 Å². The van der Waals surface area contributed by atoms with Gasteiger partial charge >= 0.3 is 0 Å². The van der Waals surface area contributed by atoms with Crippen molar-refractivity contribution in [1.29, 1.82) is 0 Å². The van der Waals surface area contributed by atoms with E-state index >= 15 is 0 Å². The second kappa shape index (κ2) is 15.0. The molecule has 3 heteroatoms. The van der Waals surface area contributed by atoms with E-state index in [4.69, 9.17) is 0 Å². The summed E-state index contributed by atoms with van der Waals surface area (Å²) in [6, 6.07) is 0. The number of rotatable bonds is 14. The molecular weight excluding hydrogens is 275 g/mol. The molecule has 0 aromatic heterocycles. The lowest BCUT2D eigenvalue weighted by Gasteiger charge is -2.24. The predicted octanol–water partition coefficient (Wildman–Crippen LogP) is 6.89. The van der Waals surface area contributed by atoms with Crippen LogP contribution in [0.15, 0.2) is 0 Å². The van der Waals surface area contributed by atoms with Crippen molar-refractivity contribution in [2.24, 2.45) is 5.92 Å². The summed E-state index contributed by atoms with van der Waals surface area (Å²) in [4.78, 5) is 0. The van der Waals surface area contributed by atoms with Crippen LogP contribution in [0.2, 0.25) is 0 Å². The van der Waals surface area contributed by atoms with E-state index in [0.29, 0.717) is 5.92 Å². The first-order valence-corrected chi connectivity index (χ1v) is 10.7. The van der Waals surface area contributed by atoms with E-state index in [2.05, 4.69) is 20.1 Å². The molecule has 0 radical (unpaired) electrons. The highest BCUT2D eigenvalue weighted by Gasteiger charge is 2.21. The van der Waals surface area contributed by atoms with Gasteiger partial charge in [0.25, 0.3) is 0 Å². The summed E-state index contributed by atoms with van der Waals surface area (Å²) in [5.41, 5.74) is 0. The van der Waals surface area contributed by atoms with E-state index in [1.807, 2.05) is 0 Å². The Hall–Kier alpha value is 0.630. The van der Waals surface area contributed by atoms with Crippen molar-refractivity contribution in [2.45, 2.75) is 83.3 Å². The summed E-state index contributed by atoms with van der Waals surface area (Å²) >= 11 is 0. The summed E-state index contributed by atoms with van der Waals surface area (Å²) in [5.74, 6) is 0.594. The SMILES string of the molecule is CCCCCCC(CCCCCC)[C@@H](CF)SSC. The molecule has 0 bridgehead atoms. The Balaban J connectivity index is 4.03. The molecule has 0 saturated heterocycles. The molecular formula is C16H33FS2. The van der Waals surface area contributed by atoms with Crippen LogP contribution >= 0.6 is 21.6 Å². The highest BCUT2D eigenvalue weighted by Crippen LogP contribution is 2.35. The maximum Gasteiger partial charge on any atom is 0.102 e. The van der Waals surface area contributed by atoms with Gasteiger partial charge in [0.15, 0.2) is 0 Å². The second-order valence-corrected chi connectivity index (χ2v) is 8.12. The van der Waals surface area contributed by atoms with Crippen LogP contribution in [-0.2, 0) is 0 Å². The molecule has 116 valence electrons. The van der Waals surface area contributed by atoms with Crippen LogP contribution in [-0.4, -0.2) is 18.2 Å². The lowest BCUT2D eigenvalue weighted by Crippen LogP contribution is -2.19. The molecule has 0 unspecified atom stereocenters. The summed E-state index contributed by atoms with van der Waals surface area (Å²) < 4.78 is 13.2. The minimum absolute atomic E-state index is 0.155. The first kappa shape index (κ1) is 19.6. The molecule has 0 heterocycles. The average molecular weight is 309 g/mol. The fourth-order valence-corrected chi connectivity index (χ4v) is 4.63. The lowest BCUT2D eigenvalue weighted by molar-refractivity contribution is 0.345. The van der Waals surface area contributed by atoms with Crippen LogP contribution in [0.5, 0.6) is 0 Å². The maximum atomic E-state index is 13.2. The first-order chi connectivity index (χ1) is 9.29. The Morgan fingerprint density at radius 2 is 1.37 bits per heavy atom. The Morgan fingerprint density at radius 1 is 0.842 bits per heavy atom.